The van der Waals surface area contributed by atoms with Crippen LogP contribution in [0.4, 0.5) is 0 Å². The lowest BCUT2D eigenvalue weighted by Crippen LogP contribution is -2.14. The number of imidazole rings is 1. The fourth-order valence-electron chi connectivity index (χ4n) is 4.22. The number of nitrogens with zero attached hydrogens (tertiary/aromatic N) is 5. The molecule has 2 aromatic heterocycles. The van der Waals surface area contributed by atoms with E-state index in [1.54, 1.807) is 0 Å². The van der Waals surface area contributed by atoms with E-state index in [9.17, 15) is 0 Å². The highest BCUT2D eigenvalue weighted by atomic mass is 32.2. The number of tetrazole rings is 1. The summed E-state index contributed by atoms with van der Waals surface area (Å²) in [5.41, 5.74) is 4.08. The van der Waals surface area contributed by atoms with Crippen LogP contribution < -0.4 is 14.8 Å². The largest absolute Gasteiger partial charge is 0.486 e. The van der Waals surface area contributed by atoms with E-state index in [2.05, 4.69) is 38.1 Å². The van der Waals surface area contributed by atoms with E-state index in [-0.39, 0.29) is 0 Å². The standard InChI is InChI=1S/C26H25N7O2S/c1-33-24-13-21(35-20-8-4-18(5-9-20)26-29-31-32-30-26)10-11-23(24)28-25(33)15-34-19-6-2-17(3-7-19)12-22-14-27-16-36-22/h2-11,13,22,27H,12,14-16H2,1H3,(H,29,30,31,32). The first-order chi connectivity index (χ1) is 17.7. The van der Waals surface area contributed by atoms with E-state index in [4.69, 9.17) is 14.5 Å². The van der Waals surface area contributed by atoms with Crippen molar-refractivity contribution in [3.05, 3.63) is 78.1 Å². The zero-order valence-electron chi connectivity index (χ0n) is 19.7. The van der Waals surface area contributed by atoms with Gasteiger partial charge in [-0.2, -0.15) is 5.21 Å². The Morgan fingerprint density at radius 3 is 2.56 bits per heavy atom. The molecule has 1 fully saturated rings. The Labute approximate surface area is 212 Å². The number of ether oxygens (including phenoxy) is 2. The van der Waals surface area contributed by atoms with Crippen molar-refractivity contribution in [1.82, 2.24) is 35.5 Å². The number of fused-ring (bicyclic) bond motifs is 1. The number of aryl methyl sites for hydroxylation is 1. The fraction of sp³-hybridized carbons (Fsp3) is 0.231. The monoisotopic (exact) mass is 499 g/mol. The Bertz CT molecular complexity index is 1440. The number of nitrogens with one attached hydrogen (secondary N) is 2. The van der Waals surface area contributed by atoms with Crippen molar-refractivity contribution in [3.8, 4) is 28.6 Å². The number of hydrogen-bond donors (Lipinski definition) is 2. The van der Waals surface area contributed by atoms with Crippen molar-refractivity contribution in [2.45, 2.75) is 18.3 Å². The van der Waals surface area contributed by atoms with Crippen molar-refractivity contribution in [1.29, 1.82) is 0 Å². The van der Waals surface area contributed by atoms with Crippen LogP contribution in [0.3, 0.4) is 0 Å². The molecule has 36 heavy (non-hydrogen) atoms. The minimum absolute atomic E-state index is 0.390. The summed E-state index contributed by atoms with van der Waals surface area (Å²) in [6.07, 6.45) is 1.08. The second-order valence-corrected chi connectivity index (χ2v) is 9.91. The Balaban J connectivity index is 1.11. The van der Waals surface area contributed by atoms with E-state index >= 15 is 0 Å². The van der Waals surface area contributed by atoms with E-state index in [0.717, 1.165) is 58.5 Å². The summed E-state index contributed by atoms with van der Waals surface area (Å²) >= 11 is 1.98. The molecule has 0 aliphatic carbocycles. The minimum atomic E-state index is 0.390. The second-order valence-electron chi connectivity index (χ2n) is 8.62. The first-order valence-corrected chi connectivity index (χ1v) is 12.8. The maximum Gasteiger partial charge on any atom is 0.204 e. The highest BCUT2D eigenvalue weighted by Crippen LogP contribution is 2.28. The summed E-state index contributed by atoms with van der Waals surface area (Å²) in [6, 6.07) is 21.8. The zero-order valence-corrected chi connectivity index (χ0v) is 20.5. The van der Waals surface area contributed by atoms with Gasteiger partial charge in [-0.3, -0.25) is 0 Å². The molecule has 1 aliphatic rings. The first-order valence-electron chi connectivity index (χ1n) is 11.7. The molecule has 9 nitrogen and oxygen atoms in total. The maximum absolute atomic E-state index is 6.07. The molecular formula is C26H25N7O2S. The van der Waals surface area contributed by atoms with Crippen LogP contribution in [0.15, 0.2) is 66.7 Å². The summed E-state index contributed by atoms with van der Waals surface area (Å²) in [5.74, 6) is 4.74. The zero-order chi connectivity index (χ0) is 24.3. The molecule has 0 amide bonds. The lowest BCUT2D eigenvalue weighted by atomic mass is 10.1. The predicted octanol–water partition coefficient (Wildman–Crippen LogP) is 4.33. The SMILES string of the molecule is Cn1c(COc2ccc(CC3CNCS3)cc2)nc2ccc(Oc3ccc(-c4nn[nH]n4)cc3)cc21. The molecule has 0 saturated carbocycles. The number of benzene rings is 3. The van der Waals surface area contributed by atoms with Gasteiger partial charge in [0, 0.05) is 36.3 Å². The smallest absolute Gasteiger partial charge is 0.204 e. The highest BCUT2D eigenvalue weighted by Gasteiger charge is 2.15. The van der Waals surface area contributed by atoms with Gasteiger partial charge in [0.05, 0.1) is 11.0 Å². The van der Waals surface area contributed by atoms with Gasteiger partial charge in [-0.05, 0) is 65.7 Å². The van der Waals surface area contributed by atoms with Gasteiger partial charge in [-0.25, -0.2) is 4.98 Å². The Hall–Kier alpha value is -3.89. The van der Waals surface area contributed by atoms with Gasteiger partial charge in [0.15, 0.2) is 0 Å². The summed E-state index contributed by atoms with van der Waals surface area (Å²) in [7, 11) is 1.99. The molecule has 10 heteroatoms. The minimum Gasteiger partial charge on any atom is -0.486 e. The van der Waals surface area contributed by atoms with Crippen molar-refractivity contribution in [2.24, 2.45) is 7.05 Å². The Kier molecular flexibility index (Phi) is 6.27. The van der Waals surface area contributed by atoms with Gasteiger partial charge in [-0.15, -0.1) is 22.0 Å². The van der Waals surface area contributed by atoms with Crippen LogP contribution >= 0.6 is 11.8 Å². The normalized spacial score (nSPS) is 15.4. The third-order valence-corrected chi connectivity index (χ3v) is 7.36. The summed E-state index contributed by atoms with van der Waals surface area (Å²) in [6.45, 7) is 1.47. The number of rotatable bonds is 8. The van der Waals surface area contributed by atoms with Gasteiger partial charge < -0.3 is 19.4 Å². The van der Waals surface area contributed by atoms with Crippen LogP contribution in [0.5, 0.6) is 17.2 Å². The highest BCUT2D eigenvalue weighted by molar-refractivity contribution is 8.00. The number of hydrogen-bond acceptors (Lipinski definition) is 8. The number of aromatic amines is 1. The lowest BCUT2D eigenvalue weighted by Gasteiger charge is -2.10. The summed E-state index contributed by atoms with van der Waals surface area (Å²) in [5, 5.41) is 18.1. The molecule has 6 rings (SSSR count). The quantitative estimate of drug-likeness (QED) is 0.325. The molecule has 1 unspecified atom stereocenters. The molecule has 0 bridgehead atoms. The van der Waals surface area contributed by atoms with Crippen molar-refractivity contribution in [2.75, 3.05) is 12.4 Å². The topological polar surface area (TPSA) is 103 Å². The fourth-order valence-corrected chi connectivity index (χ4v) is 5.24. The molecule has 2 N–H and O–H groups in total. The van der Waals surface area contributed by atoms with Crippen molar-refractivity contribution >= 4 is 22.8 Å². The molecule has 0 spiro atoms. The van der Waals surface area contributed by atoms with E-state index in [1.807, 2.05) is 78.0 Å². The van der Waals surface area contributed by atoms with Crippen LogP contribution in [0.1, 0.15) is 11.4 Å². The molecule has 0 radical (unpaired) electrons. The molecule has 1 saturated heterocycles. The molecule has 3 aromatic carbocycles. The third-order valence-electron chi connectivity index (χ3n) is 6.19. The molecule has 182 valence electrons. The average molecular weight is 500 g/mol. The Morgan fingerprint density at radius 2 is 1.81 bits per heavy atom. The summed E-state index contributed by atoms with van der Waals surface area (Å²) in [4.78, 5) is 4.75. The van der Waals surface area contributed by atoms with Crippen LogP contribution in [0.2, 0.25) is 0 Å². The molecule has 1 aliphatic heterocycles. The van der Waals surface area contributed by atoms with Gasteiger partial charge in [-0.1, -0.05) is 12.1 Å². The molecule has 1 atom stereocenters. The third kappa shape index (κ3) is 4.91. The number of H-pyrrole nitrogens is 1. The van der Waals surface area contributed by atoms with Crippen molar-refractivity contribution < 1.29 is 9.47 Å². The Morgan fingerprint density at radius 1 is 1.00 bits per heavy atom. The second kappa shape index (κ2) is 10.00. The predicted molar refractivity (Wildman–Crippen MR) is 139 cm³/mol. The van der Waals surface area contributed by atoms with Gasteiger partial charge >= 0.3 is 0 Å². The summed E-state index contributed by atoms with van der Waals surface area (Å²) < 4.78 is 14.2. The molecule has 3 heterocycles. The van der Waals surface area contributed by atoms with E-state index in [0.29, 0.717) is 17.7 Å². The average Bonchev–Trinajstić information content (AvgIpc) is 3.68. The number of aromatic nitrogens is 6. The van der Waals surface area contributed by atoms with Crippen LogP contribution in [-0.4, -0.2) is 47.8 Å². The maximum atomic E-state index is 6.07. The van der Waals surface area contributed by atoms with Crippen molar-refractivity contribution in [3.63, 3.8) is 0 Å². The van der Waals surface area contributed by atoms with Gasteiger partial charge in [0.2, 0.25) is 5.82 Å². The van der Waals surface area contributed by atoms with Crippen LogP contribution in [0, 0.1) is 0 Å². The lowest BCUT2D eigenvalue weighted by molar-refractivity contribution is 0.292. The van der Waals surface area contributed by atoms with E-state index < -0.39 is 0 Å². The van der Waals surface area contributed by atoms with E-state index in [1.165, 1.54) is 5.56 Å². The van der Waals surface area contributed by atoms with Crippen LogP contribution in [0.25, 0.3) is 22.4 Å². The molecular weight excluding hydrogens is 474 g/mol. The van der Waals surface area contributed by atoms with Crippen LogP contribution in [-0.2, 0) is 20.1 Å². The molecule has 5 aromatic rings. The number of thioether (sulfide) groups is 1. The van der Waals surface area contributed by atoms with Gasteiger partial charge in [0.1, 0.15) is 29.7 Å². The first kappa shape index (κ1) is 22.6. The van der Waals surface area contributed by atoms with Gasteiger partial charge in [0.25, 0.3) is 0 Å².